The van der Waals surface area contributed by atoms with Crippen LogP contribution in [0.5, 0.6) is 0 Å². The summed E-state index contributed by atoms with van der Waals surface area (Å²) >= 11 is 1.37. The lowest BCUT2D eigenvalue weighted by atomic mass is 10.2. The Bertz CT molecular complexity index is 437. The number of carbonyl (C=O) groups is 2. The average molecular weight is 236 g/mol. The van der Waals surface area contributed by atoms with Gasteiger partial charge in [0.05, 0.1) is 4.88 Å². The van der Waals surface area contributed by atoms with Crippen molar-refractivity contribution in [3.8, 4) is 0 Å². The monoisotopic (exact) mass is 236 g/mol. The minimum absolute atomic E-state index is 0.0986. The molecule has 84 valence electrons. The summed E-state index contributed by atoms with van der Waals surface area (Å²) in [5.41, 5.74) is 0.344. The molecule has 1 aromatic rings. The van der Waals surface area contributed by atoms with Crippen molar-refractivity contribution in [1.29, 1.82) is 0 Å². The second-order valence-electron chi connectivity index (χ2n) is 3.65. The van der Waals surface area contributed by atoms with Crippen molar-refractivity contribution in [3.63, 3.8) is 0 Å². The van der Waals surface area contributed by atoms with E-state index in [2.05, 4.69) is 10.6 Å². The number of ketones is 1. The summed E-state index contributed by atoms with van der Waals surface area (Å²) in [5.74, 6) is -0.356. The largest absolute Gasteiger partial charge is 0.378 e. The summed E-state index contributed by atoms with van der Waals surface area (Å²) in [5, 5.41) is 7.54. The molecule has 0 unspecified atom stereocenters. The summed E-state index contributed by atoms with van der Waals surface area (Å²) in [6.07, 6.45) is 1.35. The van der Waals surface area contributed by atoms with Crippen LogP contribution in [0.1, 0.15) is 16.6 Å². The highest BCUT2D eigenvalue weighted by Crippen LogP contribution is 2.11. The fourth-order valence-corrected chi connectivity index (χ4v) is 2.07. The van der Waals surface area contributed by atoms with Gasteiger partial charge in [0.15, 0.2) is 5.78 Å². The lowest BCUT2D eigenvalue weighted by molar-refractivity contribution is -0.119. The van der Waals surface area contributed by atoms with Crippen LogP contribution in [0.3, 0.4) is 0 Å². The second-order valence-corrected chi connectivity index (χ2v) is 4.60. The van der Waals surface area contributed by atoms with Gasteiger partial charge in [-0.15, -0.1) is 11.3 Å². The van der Waals surface area contributed by atoms with Crippen molar-refractivity contribution in [2.75, 3.05) is 6.54 Å². The lowest BCUT2D eigenvalue weighted by Gasteiger charge is -2.23. The van der Waals surface area contributed by atoms with Gasteiger partial charge in [0.1, 0.15) is 5.70 Å². The lowest BCUT2D eigenvalue weighted by Crippen LogP contribution is -2.49. The summed E-state index contributed by atoms with van der Waals surface area (Å²) in [6, 6.07) is 3.65. The van der Waals surface area contributed by atoms with Crippen molar-refractivity contribution in [3.05, 3.63) is 34.2 Å². The third kappa shape index (κ3) is 2.30. The van der Waals surface area contributed by atoms with E-state index in [1.165, 1.54) is 17.4 Å². The molecule has 0 aromatic carbocycles. The van der Waals surface area contributed by atoms with Gasteiger partial charge in [0.25, 0.3) is 5.91 Å². The minimum atomic E-state index is -0.219. The van der Waals surface area contributed by atoms with Crippen molar-refractivity contribution in [2.24, 2.45) is 0 Å². The normalized spacial score (nSPS) is 22.7. The molecular weight excluding hydrogens is 224 g/mol. The third-order valence-electron chi connectivity index (χ3n) is 2.26. The van der Waals surface area contributed by atoms with Gasteiger partial charge in [-0.2, -0.15) is 0 Å². The highest BCUT2D eigenvalue weighted by molar-refractivity contribution is 7.12. The molecule has 5 heteroatoms. The molecular formula is C11H12N2O2S. The van der Waals surface area contributed by atoms with E-state index < -0.39 is 0 Å². The fourth-order valence-electron chi connectivity index (χ4n) is 1.43. The number of allylic oxidation sites excluding steroid dienone is 1. The van der Waals surface area contributed by atoms with Crippen LogP contribution in [0, 0.1) is 0 Å². The van der Waals surface area contributed by atoms with Gasteiger partial charge in [0.2, 0.25) is 0 Å². The first-order valence-corrected chi connectivity index (χ1v) is 5.89. The molecule has 1 aromatic heterocycles. The van der Waals surface area contributed by atoms with Gasteiger partial charge in [-0.25, -0.2) is 0 Å². The molecule has 0 saturated carbocycles. The van der Waals surface area contributed by atoms with Crippen molar-refractivity contribution in [1.82, 2.24) is 10.6 Å². The van der Waals surface area contributed by atoms with Crippen molar-refractivity contribution in [2.45, 2.75) is 13.0 Å². The van der Waals surface area contributed by atoms with Gasteiger partial charge in [-0.1, -0.05) is 6.07 Å². The fraction of sp³-hybridized carbons (Fsp3) is 0.273. The molecule has 0 radical (unpaired) electrons. The number of hydrogen-bond acceptors (Lipinski definition) is 4. The molecule has 2 heterocycles. The van der Waals surface area contributed by atoms with Crippen LogP contribution >= 0.6 is 11.3 Å². The first kappa shape index (κ1) is 10.9. The quantitative estimate of drug-likeness (QED) is 0.593. The number of rotatable bonds is 2. The number of hydrogen-bond donors (Lipinski definition) is 2. The Morgan fingerprint density at radius 1 is 1.62 bits per heavy atom. The van der Waals surface area contributed by atoms with Crippen molar-refractivity contribution >= 4 is 23.0 Å². The Kier molecular flexibility index (Phi) is 3.05. The first-order chi connectivity index (χ1) is 7.66. The van der Waals surface area contributed by atoms with Crippen LogP contribution < -0.4 is 10.6 Å². The van der Waals surface area contributed by atoms with Gasteiger partial charge in [-0.05, 0) is 18.4 Å². The SMILES string of the molecule is C[C@H]1CN/C(=C/C(=O)c2cccs2)C(=O)N1. The summed E-state index contributed by atoms with van der Waals surface area (Å²) in [7, 11) is 0. The molecule has 1 aliphatic rings. The molecule has 4 nitrogen and oxygen atoms in total. The molecule has 1 saturated heterocycles. The van der Waals surface area contributed by atoms with Crippen LogP contribution in [0.15, 0.2) is 29.3 Å². The molecule has 16 heavy (non-hydrogen) atoms. The Morgan fingerprint density at radius 3 is 3.06 bits per heavy atom. The zero-order chi connectivity index (χ0) is 11.5. The molecule has 0 aliphatic carbocycles. The molecule has 2 N–H and O–H groups in total. The minimum Gasteiger partial charge on any atom is -0.378 e. The molecule has 1 aliphatic heterocycles. The summed E-state index contributed by atoms with van der Waals surface area (Å²) in [6.45, 7) is 2.55. The van der Waals surface area contributed by atoms with E-state index in [4.69, 9.17) is 0 Å². The van der Waals surface area contributed by atoms with Gasteiger partial charge in [0, 0.05) is 18.7 Å². The van der Waals surface area contributed by atoms with Crippen molar-refractivity contribution < 1.29 is 9.59 Å². The van der Waals surface area contributed by atoms with Crippen LogP contribution in [0.4, 0.5) is 0 Å². The Morgan fingerprint density at radius 2 is 2.44 bits per heavy atom. The van der Waals surface area contributed by atoms with Crippen LogP contribution in [0.25, 0.3) is 0 Å². The predicted molar refractivity (Wildman–Crippen MR) is 62.3 cm³/mol. The molecule has 1 amide bonds. The number of thiophene rings is 1. The summed E-state index contributed by atoms with van der Waals surface area (Å²) in [4.78, 5) is 23.9. The first-order valence-electron chi connectivity index (χ1n) is 5.01. The number of piperazine rings is 1. The van der Waals surface area contributed by atoms with E-state index in [9.17, 15) is 9.59 Å². The number of amides is 1. The van der Waals surface area contributed by atoms with Gasteiger partial charge in [-0.3, -0.25) is 9.59 Å². The van der Waals surface area contributed by atoms with E-state index in [-0.39, 0.29) is 17.7 Å². The second kappa shape index (κ2) is 4.49. The van der Waals surface area contributed by atoms with Gasteiger partial charge >= 0.3 is 0 Å². The number of carbonyl (C=O) groups excluding carboxylic acids is 2. The molecule has 1 atom stereocenters. The zero-order valence-corrected chi connectivity index (χ0v) is 9.64. The summed E-state index contributed by atoms with van der Waals surface area (Å²) < 4.78 is 0. The zero-order valence-electron chi connectivity index (χ0n) is 8.82. The standard InChI is InChI=1S/C11H12N2O2S/c1-7-6-12-8(11(15)13-7)5-9(14)10-3-2-4-16-10/h2-5,7,12H,6H2,1H3,(H,13,15)/b8-5+/t7-/m0/s1. The van der Waals surface area contributed by atoms with E-state index in [1.807, 2.05) is 18.4 Å². The topological polar surface area (TPSA) is 58.2 Å². The number of nitrogens with one attached hydrogen (secondary N) is 2. The van der Waals surface area contributed by atoms with Crippen LogP contribution in [0.2, 0.25) is 0 Å². The molecule has 0 spiro atoms. The Balaban J connectivity index is 2.13. The maximum absolute atomic E-state index is 11.7. The Hall–Kier alpha value is -1.62. The molecule has 2 rings (SSSR count). The van der Waals surface area contributed by atoms with Crippen LogP contribution in [-0.2, 0) is 4.79 Å². The highest BCUT2D eigenvalue weighted by atomic mass is 32.1. The average Bonchev–Trinajstić information content (AvgIpc) is 2.75. The Labute approximate surface area is 97.4 Å². The maximum Gasteiger partial charge on any atom is 0.267 e. The maximum atomic E-state index is 11.7. The molecule has 1 fully saturated rings. The highest BCUT2D eigenvalue weighted by Gasteiger charge is 2.19. The molecule has 0 bridgehead atoms. The predicted octanol–water partition coefficient (Wildman–Crippen LogP) is 0.923. The third-order valence-corrected chi connectivity index (χ3v) is 3.14. The van der Waals surface area contributed by atoms with Gasteiger partial charge < -0.3 is 10.6 Å². The smallest absolute Gasteiger partial charge is 0.267 e. The van der Waals surface area contributed by atoms with E-state index in [0.717, 1.165) is 0 Å². The van der Waals surface area contributed by atoms with E-state index in [1.54, 1.807) is 6.07 Å². The van der Waals surface area contributed by atoms with E-state index >= 15 is 0 Å². The van der Waals surface area contributed by atoms with Crippen LogP contribution in [-0.4, -0.2) is 24.3 Å². The van der Waals surface area contributed by atoms with E-state index in [0.29, 0.717) is 17.1 Å².